The average Bonchev–Trinajstić information content (AvgIpc) is 2.34. The van der Waals surface area contributed by atoms with Crippen molar-refractivity contribution in [2.75, 3.05) is 25.6 Å². The molecule has 5 nitrogen and oxygen atoms in total. The number of amides is 1. The average molecular weight is 251 g/mol. The van der Waals surface area contributed by atoms with Crippen molar-refractivity contribution in [3.8, 4) is 0 Å². The van der Waals surface area contributed by atoms with E-state index in [1.54, 1.807) is 19.4 Å². The Morgan fingerprint density at radius 1 is 1.56 bits per heavy atom. The molecule has 1 rings (SSSR count). The summed E-state index contributed by atoms with van der Waals surface area (Å²) in [4.78, 5) is 14.9. The lowest BCUT2D eigenvalue weighted by molar-refractivity contribution is 0.0995. The molecule has 0 bridgehead atoms. The molecular weight excluding hydrogens is 230 g/mol. The minimum absolute atomic E-state index is 0.117. The van der Waals surface area contributed by atoms with Gasteiger partial charge in [-0.1, -0.05) is 13.8 Å². The number of hydrogen-bond acceptors (Lipinski definition) is 4. The molecule has 1 heterocycles. The number of nitrogens with one attached hydrogen (secondary N) is 1. The van der Waals surface area contributed by atoms with Crippen molar-refractivity contribution in [3.05, 3.63) is 24.0 Å². The first kappa shape index (κ1) is 14.4. The molecule has 1 aromatic rings. The van der Waals surface area contributed by atoms with Crippen LogP contribution in [0.15, 0.2) is 18.3 Å². The second-order valence-electron chi connectivity index (χ2n) is 5.05. The molecule has 0 unspecified atom stereocenters. The van der Waals surface area contributed by atoms with E-state index >= 15 is 0 Å². The van der Waals surface area contributed by atoms with Crippen LogP contribution in [0, 0.1) is 5.41 Å². The third-order valence-electron chi connectivity index (χ3n) is 2.77. The van der Waals surface area contributed by atoms with E-state index in [2.05, 4.69) is 24.1 Å². The second-order valence-corrected chi connectivity index (χ2v) is 5.05. The van der Waals surface area contributed by atoms with Crippen LogP contribution in [-0.2, 0) is 4.74 Å². The molecule has 1 aromatic heterocycles. The van der Waals surface area contributed by atoms with Crippen molar-refractivity contribution in [2.45, 2.75) is 20.3 Å². The van der Waals surface area contributed by atoms with Gasteiger partial charge in [-0.2, -0.15) is 0 Å². The summed E-state index contributed by atoms with van der Waals surface area (Å²) in [5.74, 6) is -0.516. The van der Waals surface area contributed by atoms with E-state index in [1.807, 2.05) is 6.07 Å². The third-order valence-corrected chi connectivity index (χ3v) is 2.77. The number of primary amides is 1. The lowest BCUT2D eigenvalue weighted by Crippen LogP contribution is -2.25. The Morgan fingerprint density at radius 3 is 2.89 bits per heavy atom. The maximum Gasteiger partial charge on any atom is 0.267 e. The lowest BCUT2D eigenvalue weighted by atomic mass is 9.89. The van der Waals surface area contributed by atoms with Crippen molar-refractivity contribution >= 4 is 11.6 Å². The number of rotatable bonds is 7. The zero-order valence-corrected chi connectivity index (χ0v) is 11.2. The number of nitrogens with two attached hydrogens (primary N) is 1. The van der Waals surface area contributed by atoms with Crippen LogP contribution in [-0.4, -0.2) is 31.2 Å². The highest BCUT2D eigenvalue weighted by atomic mass is 16.5. The van der Waals surface area contributed by atoms with E-state index in [4.69, 9.17) is 10.5 Å². The number of nitrogens with zero attached hydrogens (tertiary/aromatic N) is 1. The zero-order chi connectivity index (χ0) is 13.6. The Kier molecular flexibility index (Phi) is 5.09. The molecule has 0 aliphatic carbocycles. The molecule has 0 aliphatic rings. The SMILES string of the molecule is COCCC(C)(C)CNc1ccnc(C(N)=O)c1. The van der Waals surface area contributed by atoms with Gasteiger partial charge in [-0.3, -0.25) is 9.78 Å². The van der Waals surface area contributed by atoms with Crippen molar-refractivity contribution < 1.29 is 9.53 Å². The van der Waals surface area contributed by atoms with Gasteiger partial charge in [0.05, 0.1) is 0 Å². The Morgan fingerprint density at radius 2 is 2.28 bits per heavy atom. The molecule has 0 aromatic carbocycles. The normalized spacial score (nSPS) is 11.3. The Bertz CT molecular complexity index is 405. The Hall–Kier alpha value is -1.62. The van der Waals surface area contributed by atoms with Gasteiger partial charge in [0.25, 0.3) is 5.91 Å². The molecule has 0 saturated carbocycles. The molecule has 5 heteroatoms. The molecule has 1 amide bonds. The van der Waals surface area contributed by atoms with Gasteiger partial charge in [0, 0.05) is 32.1 Å². The molecule has 18 heavy (non-hydrogen) atoms. The molecule has 0 radical (unpaired) electrons. The van der Waals surface area contributed by atoms with E-state index in [0.717, 1.165) is 25.3 Å². The van der Waals surface area contributed by atoms with Crippen molar-refractivity contribution in [1.82, 2.24) is 4.98 Å². The number of aromatic nitrogens is 1. The van der Waals surface area contributed by atoms with E-state index in [0.29, 0.717) is 0 Å². The summed E-state index contributed by atoms with van der Waals surface area (Å²) >= 11 is 0. The molecule has 0 aliphatic heterocycles. The number of methoxy groups -OCH3 is 1. The van der Waals surface area contributed by atoms with Crippen LogP contribution in [0.3, 0.4) is 0 Å². The highest BCUT2D eigenvalue weighted by molar-refractivity contribution is 5.91. The van der Waals surface area contributed by atoms with Crippen LogP contribution < -0.4 is 11.1 Å². The maximum atomic E-state index is 11.0. The summed E-state index contributed by atoms with van der Waals surface area (Å²) in [6, 6.07) is 3.48. The number of ether oxygens (including phenoxy) is 1. The molecular formula is C13H21N3O2. The van der Waals surface area contributed by atoms with Gasteiger partial charge in [-0.05, 0) is 24.0 Å². The molecule has 0 atom stereocenters. The van der Waals surface area contributed by atoms with Gasteiger partial charge in [-0.15, -0.1) is 0 Å². The van der Waals surface area contributed by atoms with Crippen LogP contribution in [0.4, 0.5) is 5.69 Å². The maximum absolute atomic E-state index is 11.0. The van der Waals surface area contributed by atoms with E-state index < -0.39 is 5.91 Å². The summed E-state index contributed by atoms with van der Waals surface area (Å²) in [6.45, 7) is 5.85. The number of hydrogen-bond donors (Lipinski definition) is 2. The fourth-order valence-corrected chi connectivity index (χ4v) is 1.48. The third kappa shape index (κ3) is 4.71. The number of carbonyl (C=O) groups excluding carboxylic acids is 1. The monoisotopic (exact) mass is 251 g/mol. The molecule has 0 saturated heterocycles. The summed E-state index contributed by atoms with van der Waals surface area (Å²) in [5.41, 5.74) is 6.43. The smallest absolute Gasteiger partial charge is 0.267 e. The standard InChI is InChI=1S/C13H21N3O2/c1-13(2,5-7-18-3)9-16-10-4-6-15-11(8-10)12(14)17/h4,6,8H,5,7,9H2,1-3H3,(H2,14,17)(H,15,16). The minimum atomic E-state index is -0.516. The largest absolute Gasteiger partial charge is 0.385 e. The van der Waals surface area contributed by atoms with Gasteiger partial charge in [0.2, 0.25) is 0 Å². The first-order valence-electron chi connectivity index (χ1n) is 5.93. The molecule has 0 fully saturated rings. The van der Waals surface area contributed by atoms with E-state index in [-0.39, 0.29) is 11.1 Å². The molecule has 0 spiro atoms. The van der Waals surface area contributed by atoms with E-state index in [1.165, 1.54) is 0 Å². The van der Waals surface area contributed by atoms with Gasteiger partial charge in [-0.25, -0.2) is 0 Å². The van der Waals surface area contributed by atoms with Gasteiger partial charge in [0.1, 0.15) is 5.69 Å². The second kappa shape index (κ2) is 6.35. The van der Waals surface area contributed by atoms with Crippen molar-refractivity contribution in [1.29, 1.82) is 0 Å². The topological polar surface area (TPSA) is 77.2 Å². The van der Waals surface area contributed by atoms with Crippen LogP contribution >= 0.6 is 0 Å². The zero-order valence-electron chi connectivity index (χ0n) is 11.2. The summed E-state index contributed by atoms with van der Waals surface area (Å²) in [7, 11) is 1.70. The predicted octanol–water partition coefficient (Wildman–Crippen LogP) is 1.66. The fraction of sp³-hybridized carbons (Fsp3) is 0.538. The fourth-order valence-electron chi connectivity index (χ4n) is 1.48. The van der Waals surface area contributed by atoms with Gasteiger partial charge >= 0.3 is 0 Å². The van der Waals surface area contributed by atoms with Crippen LogP contribution in [0.2, 0.25) is 0 Å². The summed E-state index contributed by atoms with van der Waals surface area (Å²) in [6.07, 6.45) is 2.54. The lowest BCUT2D eigenvalue weighted by Gasteiger charge is -2.25. The van der Waals surface area contributed by atoms with Crippen LogP contribution in [0.5, 0.6) is 0 Å². The van der Waals surface area contributed by atoms with Crippen molar-refractivity contribution in [2.24, 2.45) is 11.1 Å². The quantitative estimate of drug-likeness (QED) is 0.772. The summed E-state index contributed by atoms with van der Waals surface area (Å²) < 4.78 is 5.08. The number of pyridine rings is 1. The highest BCUT2D eigenvalue weighted by Crippen LogP contribution is 2.21. The van der Waals surface area contributed by atoms with Crippen LogP contribution in [0.1, 0.15) is 30.8 Å². The van der Waals surface area contributed by atoms with Crippen LogP contribution in [0.25, 0.3) is 0 Å². The molecule has 100 valence electrons. The van der Waals surface area contributed by atoms with Crippen molar-refractivity contribution in [3.63, 3.8) is 0 Å². The Labute approximate surface area is 108 Å². The minimum Gasteiger partial charge on any atom is -0.385 e. The van der Waals surface area contributed by atoms with Gasteiger partial charge < -0.3 is 15.8 Å². The van der Waals surface area contributed by atoms with Gasteiger partial charge in [0.15, 0.2) is 0 Å². The summed E-state index contributed by atoms with van der Waals surface area (Å²) in [5, 5.41) is 3.29. The van der Waals surface area contributed by atoms with E-state index in [9.17, 15) is 4.79 Å². The first-order chi connectivity index (χ1) is 8.44. The number of carbonyl (C=O) groups is 1. The number of anilines is 1. The predicted molar refractivity (Wildman–Crippen MR) is 71.5 cm³/mol. The first-order valence-corrected chi connectivity index (χ1v) is 5.93. The molecule has 3 N–H and O–H groups in total. The highest BCUT2D eigenvalue weighted by Gasteiger charge is 2.17. The Balaban J connectivity index is 2.57.